The summed E-state index contributed by atoms with van der Waals surface area (Å²) in [7, 11) is 0. The highest BCUT2D eigenvalue weighted by Gasteiger charge is 2.20. The summed E-state index contributed by atoms with van der Waals surface area (Å²) in [4.78, 5) is 38.4. The molecule has 0 saturated heterocycles. The second kappa shape index (κ2) is 69.9. The number of rotatable bonds is 70. The molecule has 0 bridgehead atoms. The molecule has 6 nitrogen and oxygen atoms in total. The molecular weight excluding hydrogens is 985 g/mol. The van der Waals surface area contributed by atoms with Gasteiger partial charge in [0.05, 0.1) is 0 Å². The second-order valence-electron chi connectivity index (χ2n) is 25.6. The lowest BCUT2D eigenvalue weighted by Crippen LogP contribution is -2.30. The van der Waals surface area contributed by atoms with Gasteiger partial charge >= 0.3 is 17.9 Å². The third-order valence-corrected chi connectivity index (χ3v) is 17.4. The fraction of sp³-hybridized carbons (Fsp3) is 0.959. The summed E-state index contributed by atoms with van der Waals surface area (Å²) in [6.07, 6.45) is 83.0. The topological polar surface area (TPSA) is 78.9 Å². The minimum absolute atomic E-state index is 0.0601. The zero-order chi connectivity index (χ0) is 57.8. The fourth-order valence-electron chi connectivity index (χ4n) is 11.8. The van der Waals surface area contributed by atoms with Crippen LogP contribution in [0.4, 0.5) is 0 Å². The van der Waals surface area contributed by atoms with Crippen molar-refractivity contribution in [1.82, 2.24) is 0 Å². The lowest BCUT2D eigenvalue weighted by molar-refractivity contribution is -0.167. The number of hydrogen-bond acceptors (Lipinski definition) is 6. The summed E-state index contributed by atoms with van der Waals surface area (Å²) >= 11 is 0. The molecule has 0 aliphatic heterocycles. The highest BCUT2D eigenvalue weighted by molar-refractivity contribution is 5.71. The van der Waals surface area contributed by atoms with Crippen molar-refractivity contribution >= 4 is 17.9 Å². The van der Waals surface area contributed by atoms with Gasteiger partial charge in [-0.15, -0.1) is 0 Å². The summed E-state index contributed by atoms with van der Waals surface area (Å²) in [5.41, 5.74) is 0. The normalized spacial score (nSPS) is 11.9. The maximum absolute atomic E-state index is 12.9. The summed E-state index contributed by atoms with van der Waals surface area (Å²) in [6, 6.07) is 0. The van der Waals surface area contributed by atoms with Crippen molar-refractivity contribution in [3.05, 3.63) is 0 Å². The van der Waals surface area contributed by atoms with E-state index in [4.69, 9.17) is 14.2 Å². The number of ether oxygens (including phenoxy) is 3. The van der Waals surface area contributed by atoms with E-state index >= 15 is 0 Å². The largest absolute Gasteiger partial charge is 0.462 e. The van der Waals surface area contributed by atoms with Gasteiger partial charge in [-0.05, 0) is 19.3 Å². The van der Waals surface area contributed by atoms with Crippen LogP contribution < -0.4 is 0 Å². The average molecular weight is 1130 g/mol. The molecule has 0 aliphatic carbocycles. The monoisotopic (exact) mass is 1130 g/mol. The zero-order valence-electron chi connectivity index (χ0n) is 54.9. The molecule has 0 aliphatic rings. The van der Waals surface area contributed by atoms with Crippen LogP contribution in [0.5, 0.6) is 0 Å². The van der Waals surface area contributed by atoms with Crippen molar-refractivity contribution in [2.75, 3.05) is 13.2 Å². The maximum atomic E-state index is 12.9. The van der Waals surface area contributed by atoms with Crippen molar-refractivity contribution in [2.24, 2.45) is 0 Å². The van der Waals surface area contributed by atoms with E-state index in [1.54, 1.807) is 0 Å². The Morgan fingerprint density at radius 1 is 0.200 bits per heavy atom. The van der Waals surface area contributed by atoms with Crippen LogP contribution in [0.2, 0.25) is 0 Å². The lowest BCUT2D eigenvalue weighted by Gasteiger charge is -2.18. The van der Waals surface area contributed by atoms with Crippen molar-refractivity contribution in [3.8, 4) is 0 Å². The number of hydrogen-bond donors (Lipinski definition) is 0. The Morgan fingerprint density at radius 3 is 0.500 bits per heavy atom. The van der Waals surface area contributed by atoms with Crippen LogP contribution in [-0.4, -0.2) is 37.2 Å². The van der Waals surface area contributed by atoms with Gasteiger partial charge in [0, 0.05) is 19.3 Å². The molecule has 0 fully saturated rings. The number of carbonyl (C=O) groups is 3. The molecule has 6 heteroatoms. The first-order valence-electron chi connectivity index (χ1n) is 37.0. The van der Waals surface area contributed by atoms with Gasteiger partial charge in [0.1, 0.15) is 13.2 Å². The van der Waals surface area contributed by atoms with Crippen molar-refractivity contribution < 1.29 is 28.6 Å². The molecule has 0 heterocycles. The predicted molar refractivity (Wildman–Crippen MR) is 349 cm³/mol. The average Bonchev–Trinajstić information content (AvgIpc) is 3.46. The van der Waals surface area contributed by atoms with E-state index in [9.17, 15) is 14.4 Å². The predicted octanol–water partition coefficient (Wildman–Crippen LogP) is 25.4. The summed E-state index contributed by atoms with van der Waals surface area (Å²) in [5.74, 6) is -0.819. The first kappa shape index (κ1) is 78.4. The highest BCUT2D eigenvalue weighted by atomic mass is 16.6. The van der Waals surface area contributed by atoms with Gasteiger partial charge in [-0.3, -0.25) is 14.4 Å². The van der Waals surface area contributed by atoms with Crippen molar-refractivity contribution in [1.29, 1.82) is 0 Å². The van der Waals surface area contributed by atoms with E-state index in [0.717, 1.165) is 57.8 Å². The molecule has 0 rings (SSSR count). The fourth-order valence-corrected chi connectivity index (χ4v) is 11.8. The van der Waals surface area contributed by atoms with Crippen LogP contribution in [0.3, 0.4) is 0 Å². The van der Waals surface area contributed by atoms with Crippen LogP contribution in [0.25, 0.3) is 0 Å². The van der Waals surface area contributed by atoms with Crippen LogP contribution in [0.15, 0.2) is 0 Å². The molecule has 0 amide bonds. The molecule has 1 unspecified atom stereocenters. The van der Waals surface area contributed by atoms with Crippen LogP contribution in [-0.2, 0) is 28.6 Å². The molecule has 0 radical (unpaired) electrons. The molecule has 0 aromatic heterocycles. The van der Waals surface area contributed by atoms with Gasteiger partial charge in [0.15, 0.2) is 6.10 Å². The van der Waals surface area contributed by atoms with Crippen LogP contribution in [0.1, 0.15) is 438 Å². The summed E-state index contributed by atoms with van der Waals surface area (Å²) in [5, 5.41) is 0. The van der Waals surface area contributed by atoms with Crippen LogP contribution in [0, 0.1) is 0 Å². The summed E-state index contributed by atoms with van der Waals surface area (Å²) < 4.78 is 17.0. The number of esters is 3. The Morgan fingerprint density at radius 2 is 0.338 bits per heavy atom. The Hall–Kier alpha value is -1.59. The van der Waals surface area contributed by atoms with Gasteiger partial charge in [-0.25, -0.2) is 0 Å². The molecule has 1 atom stereocenters. The third-order valence-electron chi connectivity index (χ3n) is 17.4. The van der Waals surface area contributed by atoms with Gasteiger partial charge < -0.3 is 14.2 Å². The van der Waals surface area contributed by atoms with Gasteiger partial charge in [0.25, 0.3) is 0 Å². The quantitative estimate of drug-likeness (QED) is 0.0343. The molecule has 476 valence electrons. The number of carbonyl (C=O) groups excluding carboxylic acids is 3. The Labute approximate surface area is 501 Å². The number of unbranched alkanes of at least 4 members (excludes halogenated alkanes) is 59. The maximum Gasteiger partial charge on any atom is 0.306 e. The first-order chi connectivity index (χ1) is 39.5. The highest BCUT2D eigenvalue weighted by Crippen LogP contribution is 2.20. The molecule has 0 aromatic carbocycles. The summed E-state index contributed by atoms with van der Waals surface area (Å²) in [6.45, 7) is 6.74. The molecule has 0 N–H and O–H groups in total. The van der Waals surface area contributed by atoms with E-state index in [2.05, 4.69) is 20.8 Å². The Balaban J connectivity index is 4.11. The smallest absolute Gasteiger partial charge is 0.306 e. The molecule has 0 spiro atoms. The third kappa shape index (κ3) is 67.2. The van der Waals surface area contributed by atoms with E-state index in [1.807, 2.05) is 0 Å². The minimum Gasteiger partial charge on any atom is -0.462 e. The Kier molecular flexibility index (Phi) is 68.5. The zero-order valence-corrected chi connectivity index (χ0v) is 54.9. The molecule has 0 saturated carbocycles. The van der Waals surface area contributed by atoms with E-state index in [1.165, 1.54) is 340 Å². The van der Waals surface area contributed by atoms with Gasteiger partial charge in [0.2, 0.25) is 0 Å². The van der Waals surface area contributed by atoms with E-state index < -0.39 is 6.10 Å². The van der Waals surface area contributed by atoms with Gasteiger partial charge in [-0.1, -0.05) is 400 Å². The lowest BCUT2D eigenvalue weighted by atomic mass is 10.0. The van der Waals surface area contributed by atoms with E-state index in [0.29, 0.717) is 19.3 Å². The SMILES string of the molecule is CCCCCCCCCCCCCCCCCCCCCCCCCCCCCCCCC(=O)OCC(COC(=O)CCCCCCCCCCCCCCC)OC(=O)CCCCCCCCCCCCCCCCCCCCC. The standard InChI is InChI=1S/C74H144O6/c1-4-7-10-13-16-19-22-25-27-29-31-32-33-34-35-36-37-38-39-40-41-43-44-46-49-52-55-58-61-64-67-73(76)79-70-71(69-78-72(75)66-63-60-57-54-51-48-24-21-18-15-12-9-6-3)80-74(77)68-65-62-59-56-53-50-47-45-42-30-28-26-23-20-17-14-11-8-5-2/h71H,4-70H2,1-3H3. The van der Waals surface area contributed by atoms with Gasteiger partial charge in [-0.2, -0.15) is 0 Å². The van der Waals surface area contributed by atoms with Crippen molar-refractivity contribution in [3.63, 3.8) is 0 Å². The van der Waals surface area contributed by atoms with E-state index in [-0.39, 0.29) is 31.1 Å². The molecule has 0 aromatic rings. The Bertz CT molecular complexity index is 1200. The van der Waals surface area contributed by atoms with Crippen molar-refractivity contribution in [2.45, 2.75) is 444 Å². The second-order valence-corrected chi connectivity index (χ2v) is 25.6. The minimum atomic E-state index is -0.763. The molecular formula is C74H144O6. The molecule has 80 heavy (non-hydrogen) atoms. The van der Waals surface area contributed by atoms with Crippen LogP contribution >= 0.6 is 0 Å². The first-order valence-corrected chi connectivity index (χ1v) is 37.0.